The van der Waals surface area contributed by atoms with Crippen LogP contribution in [0.5, 0.6) is 0 Å². The summed E-state index contributed by atoms with van der Waals surface area (Å²) in [4.78, 5) is 1.23. The van der Waals surface area contributed by atoms with E-state index in [4.69, 9.17) is 4.74 Å². The van der Waals surface area contributed by atoms with Gasteiger partial charge in [0.15, 0.2) is 6.10 Å². The van der Waals surface area contributed by atoms with E-state index in [0.29, 0.717) is 0 Å². The van der Waals surface area contributed by atoms with E-state index in [2.05, 4.69) is 66.3 Å². The van der Waals surface area contributed by atoms with Crippen LogP contribution in [0.15, 0.2) is 65.8 Å². The van der Waals surface area contributed by atoms with Crippen molar-refractivity contribution in [2.45, 2.75) is 31.1 Å². The van der Waals surface area contributed by atoms with Crippen LogP contribution in [0.4, 0.5) is 0 Å². The van der Waals surface area contributed by atoms with Gasteiger partial charge in [0.25, 0.3) is 0 Å². The van der Waals surface area contributed by atoms with E-state index < -0.39 is 0 Å². The fourth-order valence-electron chi connectivity index (χ4n) is 3.74. The van der Waals surface area contributed by atoms with Crippen molar-refractivity contribution < 1.29 is 9.84 Å². The summed E-state index contributed by atoms with van der Waals surface area (Å²) >= 11 is 1.73. The fraction of sp³-hybridized carbons (Fsp3) is 0.217. The molecule has 0 bridgehead atoms. The van der Waals surface area contributed by atoms with Gasteiger partial charge in [-0.25, -0.2) is 0 Å². The molecule has 4 rings (SSSR count). The highest BCUT2D eigenvalue weighted by molar-refractivity contribution is 7.98. The van der Waals surface area contributed by atoms with Crippen LogP contribution in [0.3, 0.4) is 0 Å². The molecule has 3 aromatic rings. The van der Waals surface area contributed by atoms with Gasteiger partial charge in [0, 0.05) is 28.3 Å². The molecule has 0 spiro atoms. The number of rotatable bonds is 5. The van der Waals surface area contributed by atoms with E-state index in [0.717, 1.165) is 34.6 Å². The first-order valence-electron chi connectivity index (χ1n) is 9.05. The number of fused-ring (bicyclic) bond motifs is 1. The second-order valence-electron chi connectivity index (χ2n) is 6.68. The lowest BCUT2D eigenvalue weighted by Gasteiger charge is -2.24. The Balaban J connectivity index is 1.83. The minimum absolute atomic E-state index is 0.0262. The van der Waals surface area contributed by atoms with Gasteiger partial charge in [-0.1, -0.05) is 42.5 Å². The maximum absolute atomic E-state index is 9.99. The van der Waals surface area contributed by atoms with Crippen LogP contribution in [0.25, 0.3) is 6.08 Å². The van der Waals surface area contributed by atoms with Crippen molar-refractivity contribution in [3.05, 3.63) is 94.5 Å². The number of aromatic nitrogens is 1. The monoisotopic (exact) mass is 377 g/mol. The summed E-state index contributed by atoms with van der Waals surface area (Å²) in [5, 5.41) is 9.99. The molecule has 0 amide bonds. The van der Waals surface area contributed by atoms with Crippen LogP contribution >= 0.6 is 11.8 Å². The lowest BCUT2D eigenvalue weighted by atomic mass is 9.99. The summed E-state index contributed by atoms with van der Waals surface area (Å²) < 4.78 is 8.35. The standard InChI is InChI=1S/C23H23NO2S/c1-16-21(15-25)20-12-13-26-23(18-8-10-19(27-2)11-9-18)22(20)24(16)14-17-6-4-3-5-7-17/h3-13,23,25H,14-15H2,1-2H3. The van der Waals surface area contributed by atoms with E-state index >= 15 is 0 Å². The number of nitrogens with zero attached hydrogens (tertiary/aromatic N) is 1. The Hall–Kier alpha value is -2.43. The first-order chi connectivity index (χ1) is 13.2. The van der Waals surface area contributed by atoms with E-state index in [-0.39, 0.29) is 12.7 Å². The summed E-state index contributed by atoms with van der Waals surface area (Å²) in [6.07, 6.45) is 5.63. The number of ether oxygens (including phenoxy) is 1. The number of thioether (sulfide) groups is 1. The van der Waals surface area contributed by atoms with Crippen LogP contribution in [0.1, 0.15) is 39.7 Å². The zero-order valence-corrected chi connectivity index (χ0v) is 16.4. The minimum atomic E-state index is -0.177. The molecule has 0 fully saturated rings. The molecule has 2 aromatic carbocycles. The molecule has 0 saturated carbocycles. The zero-order chi connectivity index (χ0) is 18.8. The van der Waals surface area contributed by atoms with E-state index in [1.54, 1.807) is 18.0 Å². The molecular weight excluding hydrogens is 354 g/mol. The number of aliphatic hydroxyl groups is 1. The summed E-state index contributed by atoms with van der Waals surface area (Å²) in [6, 6.07) is 18.9. The molecule has 3 nitrogen and oxygen atoms in total. The normalized spacial score (nSPS) is 15.4. The van der Waals surface area contributed by atoms with Gasteiger partial charge in [-0.05, 0) is 42.5 Å². The molecule has 0 saturated heterocycles. The van der Waals surface area contributed by atoms with Crippen LogP contribution in [0, 0.1) is 6.92 Å². The minimum Gasteiger partial charge on any atom is -0.487 e. The molecule has 0 aliphatic carbocycles. The number of hydrogen-bond acceptors (Lipinski definition) is 3. The highest BCUT2D eigenvalue weighted by Gasteiger charge is 2.29. The Morgan fingerprint density at radius 1 is 1.07 bits per heavy atom. The molecule has 2 heterocycles. The van der Waals surface area contributed by atoms with Crippen molar-refractivity contribution >= 4 is 17.8 Å². The summed E-state index contributed by atoms with van der Waals surface area (Å²) in [5.41, 5.74) is 6.61. The van der Waals surface area contributed by atoms with Gasteiger partial charge < -0.3 is 14.4 Å². The highest BCUT2D eigenvalue weighted by atomic mass is 32.2. The summed E-state index contributed by atoms with van der Waals surface area (Å²) in [7, 11) is 0. The second kappa shape index (κ2) is 7.67. The Bertz CT molecular complexity index is 958. The second-order valence-corrected chi connectivity index (χ2v) is 7.56. The van der Waals surface area contributed by atoms with Crippen LogP contribution < -0.4 is 0 Å². The van der Waals surface area contributed by atoms with Crippen LogP contribution in [-0.4, -0.2) is 15.9 Å². The van der Waals surface area contributed by atoms with Crippen molar-refractivity contribution in [2.24, 2.45) is 0 Å². The average molecular weight is 378 g/mol. The lowest BCUT2D eigenvalue weighted by Crippen LogP contribution is -2.15. The van der Waals surface area contributed by atoms with Gasteiger partial charge in [0.05, 0.1) is 18.6 Å². The van der Waals surface area contributed by atoms with Crippen molar-refractivity contribution in [1.29, 1.82) is 0 Å². The first kappa shape index (κ1) is 18.0. The largest absolute Gasteiger partial charge is 0.487 e. The topological polar surface area (TPSA) is 34.4 Å². The predicted molar refractivity (Wildman–Crippen MR) is 111 cm³/mol. The van der Waals surface area contributed by atoms with Crippen molar-refractivity contribution in [3.63, 3.8) is 0 Å². The van der Waals surface area contributed by atoms with Gasteiger partial charge >= 0.3 is 0 Å². The molecule has 1 unspecified atom stereocenters. The molecule has 1 aromatic heterocycles. The predicted octanol–water partition coefficient (Wildman–Crippen LogP) is 5.15. The molecule has 0 radical (unpaired) electrons. The van der Waals surface area contributed by atoms with Gasteiger partial charge in [-0.3, -0.25) is 0 Å². The van der Waals surface area contributed by atoms with Crippen molar-refractivity contribution in [3.8, 4) is 0 Å². The molecular formula is C23H23NO2S. The third-order valence-corrected chi connectivity index (χ3v) is 5.93. The van der Waals surface area contributed by atoms with Gasteiger partial charge in [-0.15, -0.1) is 11.8 Å². The number of aliphatic hydroxyl groups excluding tert-OH is 1. The SMILES string of the molecule is CSc1ccc(C2OC=Cc3c(CO)c(C)n(Cc4ccccc4)c32)cc1. The molecule has 138 valence electrons. The quantitative estimate of drug-likeness (QED) is 0.625. The molecule has 4 heteroatoms. The Labute approximate surface area is 164 Å². The molecule has 1 atom stereocenters. The molecule has 1 N–H and O–H groups in total. The number of hydrogen-bond donors (Lipinski definition) is 1. The maximum atomic E-state index is 9.99. The summed E-state index contributed by atoms with van der Waals surface area (Å²) in [5.74, 6) is 0. The lowest BCUT2D eigenvalue weighted by molar-refractivity contribution is 0.172. The Morgan fingerprint density at radius 2 is 1.81 bits per heavy atom. The Kier molecular flexibility index (Phi) is 5.10. The average Bonchev–Trinajstić information content (AvgIpc) is 3.00. The van der Waals surface area contributed by atoms with E-state index in [9.17, 15) is 5.11 Å². The maximum Gasteiger partial charge on any atom is 0.163 e. The van der Waals surface area contributed by atoms with Crippen molar-refractivity contribution in [2.75, 3.05) is 6.26 Å². The highest BCUT2D eigenvalue weighted by Crippen LogP contribution is 2.38. The Morgan fingerprint density at radius 3 is 2.48 bits per heavy atom. The van der Waals surface area contributed by atoms with Crippen molar-refractivity contribution in [1.82, 2.24) is 4.57 Å². The third-order valence-electron chi connectivity index (χ3n) is 5.19. The number of benzene rings is 2. The summed E-state index contributed by atoms with van der Waals surface area (Å²) in [6.45, 7) is 2.86. The van der Waals surface area contributed by atoms with Gasteiger partial charge in [0.2, 0.25) is 0 Å². The molecule has 1 aliphatic heterocycles. The van der Waals surface area contributed by atoms with E-state index in [1.807, 2.05) is 12.1 Å². The molecule has 27 heavy (non-hydrogen) atoms. The van der Waals surface area contributed by atoms with Crippen LogP contribution in [0.2, 0.25) is 0 Å². The van der Waals surface area contributed by atoms with Gasteiger partial charge in [-0.2, -0.15) is 0 Å². The molecule has 1 aliphatic rings. The first-order valence-corrected chi connectivity index (χ1v) is 10.3. The smallest absolute Gasteiger partial charge is 0.163 e. The fourth-order valence-corrected chi connectivity index (χ4v) is 4.15. The zero-order valence-electron chi connectivity index (χ0n) is 15.6. The van der Waals surface area contributed by atoms with Gasteiger partial charge in [0.1, 0.15) is 0 Å². The van der Waals surface area contributed by atoms with Crippen LogP contribution in [-0.2, 0) is 17.9 Å². The third kappa shape index (κ3) is 3.31. The van der Waals surface area contributed by atoms with E-state index in [1.165, 1.54) is 10.5 Å².